The molecule has 0 saturated heterocycles. The van der Waals surface area contributed by atoms with Gasteiger partial charge in [-0.25, -0.2) is 4.79 Å². The molecule has 3 aromatic carbocycles. The molecule has 2 amide bonds. The Morgan fingerprint density at radius 1 is 0.912 bits per heavy atom. The molecule has 0 aromatic heterocycles. The molecule has 34 heavy (non-hydrogen) atoms. The highest BCUT2D eigenvalue weighted by Gasteiger charge is 2.32. The number of hydrogen-bond donors (Lipinski definition) is 4. The van der Waals surface area contributed by atoms with E-state index in [1.165, 1.54) is 0 Å². The Kier molecular flexibility index (Phi) is 8.81. The van der Waals surface area contributed by atoms with Gasteiger partial charge in [-0.3, -0.25) is 9.59 Å². The third-order valence-corrected chi connectivity index (χ3v) is 6.12. The molecule has 7 nitrogen and oxygen atoms in total. The summed E-state index contributed by atoms with van der Waals surface area (Å²) < 4.78 is 0.634. The van der Waals surface area contributed by atoms with Gasteiger partial charge in [-0.1, -0.05) is 76.1 Å². The van der Waals surface area contributed by atoms with E-state index in [9.17, 15) is 24.6 Å². The summed E-state index contributed by atoms with van der Waals surface area (Å²) in [5.41, 5.74) is 1.41. The molecule has 0 aliphatic heterocycles. The smallest absolute Gasteiger partial charge is 0.326 e. The number of halogens is 2. The second-order valence-corrected chi connectivity index (χ2v) is 8.80. The van der Waals surface area contributed by atoms with Crippen LogP contribution >= 0.6 is 27.5 Å². The van der Waals surface area contributed by atoms with Crippen LogP contribution < -0.4 is 10.6 Å². The van der Waals surface area contributed by atoms with Crippen LogP contribution in [0.2, 0.25) is 5.02 Å². The Morgan fingerprint density at radius 3 is 2.15 bits per heavy atom. The zero-order valence-electron chi connectivity index (χ0n) is 17.8. The number of nitrogens with one attached hydrogen (secondary N) is 2. The van der Waals surface area contributed by atoms with Crippen LogP contribution in [-0.4, -0.2) is 40.1 Å². The molecule has 0 spiro atoms. The van der Waals surface area contributed by atoms with Crippen molar-refractivity contribution in [2.45, 2.75) is 24.6 Å². The largest absolute Gasteiger partial charge is 0.480 e. The maximum atomic E-state index is 12.9. The van der Waals surface area contributed by atoms with Crippen LogP contribution in [0.3, 0.4) is 0 Å². The second-order valence-electron chi connectivity index (χ2n) is 7.51. The number of carbonyl (C=O) groups excluding carboxylic acids is 2. The normalized spacial score (nSPS) is 13.4. The summed E-state index contributed by atoms with van der Waals surface area (Å²) in [5.74, 6) is -2.70. The van der Waals surface area contributed by atoms with Gasteiger partial charge in [0.2, 0.25) is 0 Å². The Labute approximate surface area is 209 Å². The first-order chi connectivity index (χ1) is 16.3. The van der Waals surface area contributed by atoms with E-state index in [0.29, 0.717) is 26.2 Å². The quantitative estimate of drug-likeness (QED) is 0.327. The topological polar surface area (TPSA) is 116 Å². The number of rotatable bonds is 9. The lowest BCUT2D eigenvalue weighted by Crippen LogP contribution is -2.50. The van der Waals surface area contributed by atoms with Crippen LogP contribution in [0.5, 0.6) is 0 Å². The molecule has 3 rings (SSSR count). The Hall–Kier alpha value is -3.20. The number of carboxylic acids is 1. The molecule has 0 bridgehead atoms. The fraction of sp³-hybridized carbons (Fsp3) is 0.160. The maximum Gasteiger partial charge on any atom is 0.326 e. The fourth-order valence-electron chi connectivity index (χ4n) is 3.35. The molecule has 0 aliphatic rings. The molecule has 176 valence electrons. The zero-order chi connectivity index (χ0) is 24.7. The van der Waals surface area contributed by atoms with E-state index in [0.717, 1.165) is 0 Å². The van der Waals surface area contributed by atoms with Crippen molar-refractivity contribution < 1.29 is 24.6 Å². The standard InChI is InChI=1S/C25H22BrClN2O5/c26-19-12-11-18(27)13-17(19)14-20(25(33)34)28-24(32)22(30)21(15-7-3-1-4-8-15)29-23(31)16-9-5-2-6-10-16/h1-13,20-22,30H,14H2,(H,28,32)(H,29,31)(H,33,34)/t20-,21+,22-/m1/s1. The van der Waals surface area contributed by atoms with Gasteiger partial charge in [0, 0.05) is 21.5 Å². The molecule has 0 aliphatic carbocycles. The van der Waals surface area contributed by atoms with Crippen molar-refractivity contribution in [3.63, 3.8) is 0 Å². The van der Waals surface area contributed by atoms with E-state index in [4.69, 9.17) is 11.6 Å². The minimum absolute atomic E-state index is 0.0681. The Morgan fingerprint density at radius 2 is 1.53 bits per heavy atom. The summed E-state index contributed by atoms with van der Waals surface area (Å²) in [7, 11) is 0. The van der Waals surface area contributed by atoms with E-state index in [1.807, 2.05) is 0 Å². The molecule has 0 heterocycles. The molecular weight excluding hydrogens is 524 g/mol. The van der Waals surface area contributed by atoms with E-state index in [2.05, 4.69) is 26.6 Å². The van der Waals surface area contributed by atoms with Gasteiger partial charge >= 0.3 is 5.97 Å². The third kappa shape index (κ3) is 6.66. The van der Waals surface area contributed by atoms with Crippen molar-refractivity contribution in [1.29, 1.82) is 0 Å². The van der Waals surface area contributed by atoms with Crippen LogP contribution in [0.1, 0.15) is 27.5 Å². The van der Waals surface area contributed by atoms with Crippen molar-refractivity contribution in [1.82, 2.24) is 10.6 Å². The van der Waals surface area contributed by atoms with Crippen molar-refractivity contribution in [3.8, 4) is 0 Å². The third-order valence-electron chi connectivity index (χ3n) is 5.11. The van der Waals surface area contributed by atoms with E-state index < -0.39 is 36.0 Å². The van der Waals surface area contributed by atoms with Crippen LogP contribution in [0.15, 0.2) is 83.3 Å². The molecule has 0 unspecified atom stereocenters. The lowest BCUT2D eigenvalue weighted by atomic mass is 9.99. The summed E-state index contributed by atoms with van der Waals surface area (Å²) >= 11 is 9.35. The van der Waals surface area contributed by atoms with Gasteiger partial charge in [-0.15, -0.1) is 0 Å². The predicted octanol–water partition coefficient (Wildman–Crippen LogP) is 3.75. The van der Waals surface area contributed by atoms with Gasteiger partial charge in [0.25, 0.3) is 11.8 Å². The van der Waals surface area contributed by atoms with Crippen molar-refractivity contribution in [2.24, 2.45) is 0 Å². The molecule has 3 aromatic rings. The van der Waals surface area contributed by atoms with Gasteiger partial charge in [-0.05, 0) is 41.5 Å². The summed E-state index contributed by atoms with van der Waals surface area (Å²) in [6.45, 7) is 0. The summed E-state index contributed by atoms with van der Waals surface area (Å²) in [4.78, 5) is 37.5. The molecule has 0 saturated carbocycles. The molecule has 3 atom stereocenters. The van der Waals surface area contributed by atoms with Crippen molar-refractivity contribution in [2.75, 3.05) is 0 Å². The molecule has 0 fully saturated rings. The highest BCUT2D eigenvalue weighted by Crippen LogP contribution is 2.23. The summed E-state index contributed by atoms with van der Waals surface area (Å²) in [6.07, 6.45) is -1.82. The molecule has 0 radical (unpaired) electrons. The minimum atomic E-state index is -1.75. The van der Waals surface area contributed by atoms with Crippen molar-refractivity contribution >= 4 is 45.3 Å². The maximum absolute atomic E-state index is 12.9. The van der Waals surface area contributed by atoms with Crippen LogP contribution in [-0.2, 0) is 16.0 Å². The SMILES string of the molecule is O=C(N[C@@H](c1ccccc1)[C@@H](O)C(=O)N[C@H](Cc1cc(Cl)ccc1Br)C(=O)O)c1ccccc1. The first-order valence-corrected chi connectivity index (χ1v) is 11.5. The Balaban J connectivity index is 1.80. The number of aliphatic hydroxyl groups is 1. The first-order valence-electron chi connectivity index (χ1n) is 10.3. The number of aliphatic hydroxyl groups excluding tert-OH is 1. The number of carbonyl (C=O) groups is 3. The first kappa shape index (κ1) is 25.4. The van der Waals surface area contributed by atoms with Crippen molar-refractivity contribution in [3.05, 3.63) is 105 Å². The molecule has 4 N–H and O–H groups in total. The van der Waals surface area contributed by atoms with E-state index in [-0.39, 0.29) is 6.42 Å². The number of aliphatic carboxylic acids is 1. The monoisotopic (exact) mass is 544 g/mol. The minimum Gasteiger partial charge on any atom is -0.480 e. The van der Waals surface area contributed by atoms with Gasteiger partial charge in [0.15, 0.2) is 6.10 Å². The van der Waals surface area contributed by atoms with Gasteiger partial charge in [0.1, 0.15) is 6.04 Å². The lowest BCUT2D eigenvalue weighted by molar-refractivity contribution is -0.143. The molecule has 9 heteroatoms. The predicted molar refractivity (Wildman–Crippen MR) is 132 cm³/mol. The highest BCUT2D eigenvalue weighted by molar-refractivity contribution is 9.10. The lowest BCUT2D eigenvalue weighted by Gasteiger charge is -2.25. The second kappa shape index (κ2) is 11.8. The van der Waals surface area contributed by atoms with Crippen LogP contribution in [0.25, 0.3) is 0 Å². The van der Waals surface area contributed by atoms with Gasteiger partial charge in [0.05, 0.1) is 6.04 Å². The highest BCUT2D eigenvalue weighted by atomic mass is 79.9. The number of benzene rings is 3. The fourth-order valence-corrected chi connectivity index (χ4v) is 3.95. The van der Waals surface area contributed by atoms with E-state index >= 15 is 0 Å². The summed E-state index contributed by atoms with van der Waals surface area (Å²) in [5, 5.41) is 26.0. The van der Waals surface area contributed by atoms with E-state index in [1.54, 1.807) is 78.9 Å². The summed E-state index contributed by atoms with van der Waals surface area (Å²) in [6, 6.07) is 19.3. The van der Waals surface area contributed by atoms with Crippen LogP contribution in [0.4, 0.5) is 0 Å². The number of carboxylic acid groups (broad SMARTS) is 1. The average molecular weight is 546 g/mol. The molecular formula is C25H22BrClN2O5. The van der Waals surface area contributed by atoms with Crippen LogP contribution in [0, 0.1) is 0 Å². The number of amides is 2. The Bertz CT molecular complexity index is 1160. The number of hydrogen-bond acceptors (Lipinski definition) is 4. The average Bonchev–Trinajstić information content (AvgIpc) is 2.84. The zero-order valence-corrected chi connectivity index (χ0v) is 20.2. The van der Waals surface area contributed by atoms with Gasteiger partial charge < -0.3 is 20.8 Å². The van der Waals surface area contributed by atoms with Gasteiger partial charge in [-0.2, -0.15) is 0 Å².